The number of rotatable bonds is 3. The molecular formula is C17H28N2. The fourth-order valence-electron chi connectivity index (χ4n) is 3.29. The van der Waals surface area contributed by atoms with Gasteiger partial charge in [0, 0.05) is 12.1 Å². The van der Waals surface area contributed by atoms with Crippen LogP contribution in [0.1, 0.15) is 50.3 Å². The van der Waals surface area contributed by atoms with Crippen LogP contribution in [0.15, 0.2) is 24.3 Å². The van der Waals surface area contributed by atoms with Crippen molar-refractivity contribution in [1.82, 2.24) is 4.90 Å². The molecule has 0 aliphatic carbocycles. The van der Waals surface area contributed by atoms with Gasteiger partial charge in [-0.15, -0.1) is 0 Å². The molecule has 2 heteroatoms. The third-order valence-electron chi connectivity index (χ3n) is 4.45. The molecule has 1 aromatic carbocycles. The summed E-state index contributed by atoms with van der Waals surface area (Å²) in [6, 6.07) is 9.24. The highest BCUT2D eigenvalue weighted by molar-refractivity contribution is 5.29. The van der Waals surface area contributed by atoms with Crippen LogP contribution in [-0.2, 0) is 0 Å². The van der Waals surface area contributed by atoms with Gasteiger partial charge in [0.1, 0.15) is 0 Å². The van der Waals surface area contributed by atoms with E-state index < -0.39 is 0 Å². The summed E-state index contributed by atoms with van der Waals surface area (Å²) in [7, 11) is 0. The van der Waals surface area contributed by atoms with Crippen molar-refractivity contribution in [2.24, 2.45) is 11.7 Å². The summed E-state index contributed by atoms with van der Waals surface area (Å²) in [5, 5.41) is 0. The molecule has 3 unspecified atom stereocenters. The van der Waals surface area contributed by atoms with Gasteiger partial charge in [0.05, 0.1) is 0 Å². The zero-order valence-electron chi connectivity index (χ0n) is 12.6. The third-order valence-corrected chi connectivity index (χ3v) is 4.45. The first kappa shape index (κ1) is 14.5. The van der Waals surface area contributed by atoms with Crippen molar-refractivity contribution in [2.75, 3.05) is 13.1 Å². The molecule has 0 bridgehead atoms. The van der Waals surface area contributed by atoms with Crippen molar-refractivity contribution < 1.29 is 0 Å². The second-order valence-electron chi connectivity index (χ2n) is 6.23. The summed E-state index contributed by atoms with van der Waals surface area (Å²) < 4.78 is 0. The van der Waals surface area contributed by atoms with E-state index in [1.165, 1.54) is 43.5 Å². The average Bonchev–Trinajstić information content (AvgIpc) is 2.57. The number of likely N-dealkylation sites (tertiary alicyclic amines) is 1. The Kier molecular flexibility index (Phi) is 5.00. The van der Waals surface area contributed by atoms with Gasteiger partial charge >= 0.3 is 0 Å². The summed E-state index contributed by atoms with van der Waals surface area (Å²) in [6.07, 6.45) is 3.96. The number of nitrogens with two attached hydrogens (primary N) is 1. The van der Waals surface area contributed by atoms with E-state index >= 15 is 0 Å². The van der Waals surface area contributed by atoms with Gasteiger partial charge in [-0.25, -0.2) is 0 Å². The minimum Gasteiger partial charge on any atom is -0.326 e. The summed E-state index contributed by atoms with van der Waals surface area (Å²) >= 11 is 0. The summed E-state index contributed by atoms with van der Waals surface area (Å²) in [6.45, 7) is 9.08. The monoisotopic (exact) mass is 260 g/mol. The van der Waals surface area contributed by atoms with Crippen LogP contribution in [0.5, 0.6) is 0 Å². The van der Waals surface area contributed by atoms with E-state index in [2.05, 4.69) is 49.9 Å². The average molecular weight is 260 g/mol. The number of hydrogen-bond acceptors (Lipinski definition) is 2. The van der Waals surface area contributed by atoms with Gasteiger partial charge in [-0.05, 0) is 63.2 Å². The molecule has 0 amide bonds. The van der Waals surface area contributed by atoms with Crippen molar-refractivity contribution >= 4 is 0 Å². The Bertz CT molecular complexity index is 400. The maximum absolute atomic E-state index is 6.31. The van der Waals surface area contributed by atoms with Gasteiger partial charge in [0.15, 0.2) is 0 Å². The molecule has 2 nitrogen and oxygen atoms in total. The lowest BCUT2D eigenvalue weighted by Gasteiger charge is -2.34. The molecular weight excluding hydrogens is 232 g/mol. The molecule has 2 rings (SSSR count). The molecule has 1 aliphatic heterocycles. The largest absolute Gasteiger partial charge is 0.326 e. The molecule has 0 aromatic heterocycles. The van der Waals surface area contributed by atoms with E-state index in [4.69, 9.17) is 5.73 Å². The second-order valence-corrected chi connectivity index (χ2v) is 6.23. The van der Waals surface area contributed by atoms with Crippen molar-refractivity contribution in [3.8, 4) is 0 Å². The van der Waals surface area contributed by atoms with E-state index in [1.54, 1.807) is 0 Å². The number of aryl methyl sites for hydroxylation is 1. The van der Waals surface area contributed by atoms with Crippen LogP contribution in [-0.4, -0.2) is 24.0 Å². The topological polar surface area (TPSA) is 29.3 Å². The Hall–Kier alpha value is -0.860. The smallest absolute Gasteiger partial charge is 0.0499 e. The van der Waals surface area contributed by atoms with Crippen molar-refractivity contribution in [3.63, 3.8) is 0 Å². The van der Waals surface area contributed by atoms with Gasteiger partial charge in [-0.3, -0.25) is 4.90 Å². The standard InChI is InChI=1S/C17H28N2/c1-13-7-6-11-19(12-10-13)17(15(3)18)16-9-5-4-8-14(16)2/h4-5,8-9,13,15,17H,6-7,10-12,18H2,1-3H3. The lowest BCUT2D eigenvalue weighted by molar-refractivity contribution is 0.181. The third kappa shape index (κ3) is 3.58. The molecule has 106 valence electrons. The molecule has 2 N–H and O–H groups in total. The molecule has 3 atom stereocenters. The van der Waals surface area contributed by atoms with Gasteiger partial charge < -0.3 is 5.73 Å². The predicted octanol–water partition coefficient (Wildman–Crippen LogP) is 3.51. The van der Waals surface area contributed by atoms with Crippen LogP contribution in [0.3, 0.4) is 0 Å². The van der Waals surface area contributed by atoms with Gasteiger partial charge in [0.2, 0.25) is 0 Å². The quantitative estimate of drug-likeness (QED) is 0.901. The SMILES string of the molecule is Cc1ccccc1C(C(C)N)N1CCCC(C)CC1. The normalized spacial score (nSPS) is 24.7. The highest BCUT2D eigenvalue weighted by Crippen LogP contribution is 2.29. The van der Waals surface area contributed by atoms with Crippen molar-refractivity contribution in [1.29, 1.82) is 0 Å². The molecule has 1 aliphatic rings. The lowest BCUT2D eigenvalue weighted by atomic mass is 9.95. The van der Waals surface area contributed by atoms with E-state index in [9.17, 15) is 0 Å². The zero-order valence-corrected chi connectivity index (χ0v) is 12.6. The van der Waals surface area contributed by atoms with Crippen LogP contribution < -0.4 is 5.73 Å². The van der Waals surface area contributed by atoms with E-state index in [1.807, 2.05) is 0 Å². The van der Waals surface area contributed by atoms with E-state index in [-0.39, 0.29) is 6.04 Å². The highest BCUT2D eigenvalue weighted by Gasteiger charge is 2.26. The summed E-state index contributed by atoms with van der Waals surface area (Å²) in [5.74, 6) is 0.857. The number of hydrogen-bond donors (Lipinski definition) is 1. The van der Waals surface area contributed by atoms with Gasteiger partial charge in [0.25, 0.3) is 0 Å². The van der Waals surface area contributed by atoms with Crippen molar-refractivity contribution in [2.45, 2.75) is 52.1 Å². The Morgan fingerprint density at radius 3 is 2.63 bits per heavy atom. The zero-order chi connectivity index (χ0) is 13.8. The minimum absolute atomic E-state index is 0.175. The molecule has 19 heavy (non-hydrogen) atoms. The Labute approximate surface area is 118 Å². The summed E-state index contributed by atoms with van der Waals surface area (Å²) in [4.78, 5) is 2.61. The molecule has 1 aromatic rings. The lowest BCUT2D eigenvalue weighted by Crippen LogP contribution is -2.40. The summed E-state index contributed by atoms with van der Waals surface area (Å²) in [5.41, 5.74) is 9.08. The van der Waals surface area contributed by atoms with E-state index in [0.29, 0.717) is 6.04 Å². The van der Waals surface area contributed by atoms with Crippen LogP contribution in [0.25, 0.3) is 0 Å². The van der Waals surface area contributed by atoms with Crippen LogP contribution >= 0.6 is 0 Å². The molecule has 1 fully saturated rings. The molecule has 1 saturated heterocycles. The molecule has 0 saturated carbocycles. The number of benzene rings is 1. The first-order chi connectivity index (χ1) is 9.09. The predicted molar refractivity (Wildman–Crippen MR) is 82.2 cm³/mol. The first-order valence-electron chi connectivity index (χ1n) is 7.64. The fourth-order valence-corrected chi connectivity index (χ4v) is 3.29. The molecule has 1 heterocycles. The van der Waals surface area contributed by atoms with Gasteiger partial charge in [-0.2, -0.15) is 0 Å². The Morgan fingerprint density at radius 1 is 1.21 bits per heavy atom. The fraction of sp³-hybridized carbons (Fsp3) is 0.647. The number of nitrogens with zero attached hydrogens (tertiary/aromatic N) is 1. The highest BCUT2D eigenvalue weighted by atomic mass is 15.2. The van der Waals surface area contributed by atoms with Crippen LogP contribution in [0, 0.1) is 12.8 Å². The Balaban J connectivity index is 2.23. The Morgan fingerprint density at radius 2 is 1.95 bits per heavy atom. The van der Waals surface area contributed by atoms with Gasteiger partial charge in [-0.1, -0.05) is 31.2 Å². The minimum atomic E-state index is 0.175. The second kappa shape index (κ2) is 6.53. The van der Waals surface area contributed by atoms with Crippen LogP contribution in [0.2, 0.25) is 0 Å². The molecule has 0 radical (unpaired) electrons. The molecule has 0 spiro atoms. The maximum Gasteiger partial charge on any atom is 0.0499 e. The maximum atomic E-state index is 6.31. The first-order valence-corrected chi connectivity index (χ1v) is 7.64. The van der Waals surface area contributed by atoms with Crippen molar-refractivity contribution in [3.05, 3.63) is 35.4 Å². The van der Waals surface area contributed by atoms with E-state index in [0.717, 1.165) is 5.92 Å². The van der Waals surface area contributed by atoms with Crippen LogP contribution in [0.4, 0.5) is 0 Å².